The van der Waals surface area contributed by atoms with Gasteiger partial charge in [0.2, 0.25) is 5.91 Å². The number of H-pyrrole nitrogens is 2. The normalized spacial score (nSPS) is 10.9. The molecule has 0 saturated heterocycles. The summed E-state index contributed by atoms with van der Waals surface area (Å²) in [6.45, 7) is 0.210. The Morgan fingerprint density at radius 3 is 2.57 bits per heavy atom. The van der Waals surface area contributed by atoms with Crippen molar-refractivity contribution in [2.24, 2.45) is 0 Å². The number of hydrogen-bond acceptors (Lipinski definition) is 6. The van der Waals surface area contributed by atoms with Crippen molar-refractivity contribution in [3.63, 3.8) is 0 Å². The van der Waals surface area contributed by atoms with Gasteiger partial charge in [0, 0.05) is 15.4 Å². The van der Waals surface area contributed by atoms with Crippen molar-refractivity contribution >= 4 is 50.0 Å². The molecular weight excluding hydrogens is 542 g/mol. The van der Waals surface area contributed by atoms with E-state index in [4.69, 9.17) is 4.74 Å². The van der Waals surface area contributed by atoms with Crippen LogP contribution in [-0.2, 0) is 16.1 Å². The molecule has 37 heavy (non-hydrogen) atoms. The van der Waals surface area contributed by atoms with Crippen LogP contribution in [0.5, 0.6) is 0 Å². The number of nitrogens with one attached hydrogen (secondary N) is 4. The summed E-state index contributed by atoms with van der Waals surface area (Å²) in [4.78, 5) is 42.5. The smallest absolute Gasteiger partial charge is 0.367 e. The number of anilines is 2. The van der Waals surface area contributed by atoms with Crippen LogP contribution in [-0.4, -0.2) is 33.5 Å². The van der Waals surface area contributed by atoms with Crippen LogP contribution in [0.2, 0.25) is 0 Å². The van der Waals surface area contributed by atoms with E-state index in [1.165, 1.54) is 0 Å². The average molecular weight is 562 g/mol. The highest BCUT2D eigenvalue weighted by molar-refractivity contribution is 9.10. The molecule has 0 saturated carbocycles. The minimum Gasteiger partial charge on any atom is -0.367 e. The van der Waals surface area contributed by atoms with Gasteiger partial charge in [-0.25, -0.2) is 4.79 Å². The number of rotatable bonds is 8. The van der Waals surface area contributed by atoms with E-state index in [1.807, 2.05) is 36.4 Å². The summed E-state index contributed by atoms with van der Waals surface area (Å²) in [5.74, 6) is -1.26. The second kappa shape index (κ2) is 10.6. The first-order valence-electron chi connectivity index (χ1n) is 11.2. The molecule has 3 aromatic carbocycles. The van der Waals surface area contributed by atoms with E-state index in [0.717, 1.165) is 15.4 Å². The lowest BCUT2D eigenvalue weighted by molar-refractivity contribution is -0.121. The first-order chi connectivity index (χ1) is 18.0. The fourth-order valence-electron chi connectivity index (χ4n) is 3.76. The number of para-hydroxylation sites is 1. The summed E-state index contributed by atoms with van der Waals surface area (Å²) in [5, 5.41) is 10.1. The van der Waals surface area contributed by atoms with Gasteiger partial charge in [-0.05, 0) is 35.9 Å². The summed E-state index contributed by atoms with van der Waals surface area (Å²) in [5.41, 5.74) is 3.25. The Labute approximate surface area is 218 Å². The molecule has 5 aromatic rings. The largest absolute Gasteiger partial charge is 0.439 e. The minimum atomic E-state index is -0.706. The van der Waals surface area contributed by atoms with E-state index in [-0.39, 0.29) is 24.0 Å². The summed E-state index contributed by atoms with van der Waals surface area (Å²) in [6, 6.07) is 21.7. The molecule has 0 bridgehead atoms. The van der Waals surface area contributed by atoms with Crippen LogP contribution in [0.4, 0.5) is 11.4 Å². The number of benzene rings is 3. The van der Waals surface area contributed by atoms with Gasteiger partial charge in [0.15, 0.2) is 5.82 Å². The number of halogens is 1. The predicted molar refractivity (Wildman–Crippen MR) is 141 cm³/mol. The molecule has 0 fully saturated rings. The monoisotopic (exact) mass is 561 g/mol. The molecule has 0 unspecified atom stereocenters. The Balaban J connectivity index is 1.30. The molecule has 0 aliphatic heterocycles. The highest BCUT2D eigenvalue weighted by atomic mass is 79.9. The molecule has 186 valence electrons. The van der Waals surface area contributed by atoms with Gasteiger partial charge >= 0.3 is 5.76 Å². The highest BCUT2D eigenvalue weighted by Gasteiger charge is 2.17. The third kappa shape index (κ3) is 5.68. The van der Waals surface area contributed by atoms with Crippen LogP contribution in [0.3, 0.4) is 0 Å². The number of ether oxygens (including phenoxy) is 1. The first-order valence-corrected chi connectivity index (χ1v) is 12.0. The molecule has 4 N–H and O–H groups in total. The maximum absolute atomic E-state index is 13.1. The van der Waals surface area contributed by atoms with E-state index in [2.05, 4.69) is 46.2 Å². The summed E-state index contributed by atoms with van der Waals surface area (Å²) in [6.07, 6.45) is 0. The lowest BCUT2D eigenvalue weighted by Crippen LogP contribution is -2.18. The van der Waals surface area contributed by atoms with E-state index in [9.17, 15) is 14.4 Å². The Morgan fingerprint density at radius 2 is 1.78 bits per heavy atom. The molecule has 0 aliphatic carbocycles. The van der Waals surface area contributed by atoms with E-state index < -0.39 is 11.7 Å². The van der Waals surface area contributed by atoms with E-state index in [1.54, 1.807) is 36.4 Å². The average Bonchev–Trinajstić information content (AvgIpc) is 3.53. The van der Waals surface area contributed by atoms with Crippen LogP contribution in [0.15, 0.2) is 86.6 Å². The minimum absolute atomic E-state index is 0.115. The molecule has 2 amide bonds. The zero-order chi connectivity index (χ0) is 25.8. The van der Waals surface area contributed by atoms with Crippen LogP contribution in [0.1, 0.15) is 16.1 Å². The Kier molecular flexibility index (Phi) is 6.97. The number of nitrogens with zero attached hydrogens (tertiary/aromatic N) is 1. The standard InChI is InChI=1S/C26H20BrN5O5/c27-17-9-10-19(18(12-17)24-31-26(35)37-32-24)30-25(34)21-11-16-7-4-8-20(23(16)29-21)28-22(33)14-36-13-15-5-2-1-3-6-15/h1-12,29H,13-14H2,(H,28,33)(H,30,34)(H,31,32,35). The lowest BCUT2D eigenvalue weighted by Gasteiger charge is -2.09. The molecule has 0 radical (unpaired) electrons. The fraction of sp³-hybridized carbons (Fsp3) is 0.0769. The summed E-state index contributed by atoms with van der Waals surface area (Å²) >= 11 is 3.38. The molecule has 2 heterocycles. The molecule has 0 aliphatic rings. The molecule has 2 aromatic heterocycles. The molecule has 0 spiro atoms. The predicted octanol–water partition coefficient (Wildman–Crippen LogP) is 4.68. The second-order valence-corrected chi connectivity index (χ2v) is 8.98. The van der Waals surface area contributed by atoms with Gasteiger partial charge in [0.25, 0.3) is 5.91 Å². The number of carbonyl (C=O) groups excluding carboxylic acids is 2. The van der Waals surface area contributed by atoms with Crippen molar-refractivity contribution in [1.29, 1.82) is 0 Å². The van der Waals surface area contributed by atoms with Crippen molar-refractivity contribution in [3.05, 3.63) is 99.1 Å². The van der Waals surface area contributed by atoms with Crippen molar-refractivity contribution in [2.75, 3.05) is 17.2 Å². The van der Waals surface area contributed by atoms with Crippen molar-refractivity contribution in [3.8, 4) is 11.4 Å². The third-order valence-electron chi connectivity index (χ3n) is 5.44. The van der Waals surface area contributed by atoms with Crippen molar-refractivity contribution < 1.29 is 18.8 Å². The molecule has 11 heteroatoms. The van der Waals surface area contributed by atoms with Gasteiger partial charge in [-0.15, -0.1) is 0 Å². The van der Waals surface area contributed by atoms with Crippen LogP contribution in [0.25, 0.3) is 22.3 Å². The number of aromatic amines is 2. The Hall–Kier alpha value is -4.48. The van der Waals surface area contributed by atoms with Crippen molar-refractivity contribution in [1.82, 2.24) is 15.1 Å². The SMILES string of the molecule is O=C(COCc1ccccc1)Nc1cccc2cc(C(=O)Nc3ccc(Br)cc3-c3noc(=O)[nH]3)[nH]c12. The van der Waals surface area contributed by atoms with E-state index >= 15 is 0 Å². The number of hydrogen-bond donors (Lipinski definition) is 4. The highest BCUT2D eigenvalue weighted by Crippen LogP contribution is 2.29. The maximum atomic E-state index is 13.1. The van der Waals surface area contributed by atoms with Crippen LogP contribution >= 0.6 is 15.9 Å². The quantitative estimate of drug-likeness (QED) is 0.216. The number of amides is 2. The van der Waals surface area contributed by atoms with E-state index in [0.29, 0.717) is 29.1 Å². The van der Waals surface area contributed by atoms with Gasteiger partial charge in [-0.1, -0.05) is 63.6 Å². The van der Waals surface area contributed by atoms with Crippen LogP contribution < -0.4 is 16.4 Å². The molecule has 5 rings (SSSR count). The summed E-state index contributed by atoms with van der Waals surface area (Å²) in [7, 11) is 0. The first kappa shape index (κ1) is 24.2. The maximum Gasteiger partial charge on any atom is 0.439 e. The zero-order valence-electron chi connectivity index (χ0n) is 19.2. The molecule has 10 nitrogen and oxygen atoms in total. The lowest BCUT2D eigenvalue weighted by atomic mass is 10.1. The fourth-order valence-corrected chi connectivity index (χ4v) is 4.12. The van der Waals surface area contributed by atoms with Gasteiger partial charge in [-0.3, -0.25) is 19.1 Å². The van der Waals surface area contributed by atoms with Crippen LogP contribution in [0, 0.1) is 0 Å². The van der Waals surface area contributed by atoms with Gasteiger partial charge in [-0.2, -0.15) is 0 Å². The zero-order valence-corrected chi connectivity index (χ0v) is 20.8. The Morgan fingerprint density at radius 1 is 0.946 bits per heavy atom. The van der Waals surface area contributed by atoms with Gasteiger partial charge in [0.05, 0.1) is 23.5 Å². The molecular formula is C26H20BrN5O5. The van der Waals surface area contributed by atoms with Crippen molar-refractivity contribution in [2.45, 2.75) is 6.61 Å². The second-order valence-electron chi connectivity index (χ2n) is 8.07. The van der Waals surface area contributed by atoms with Gasteiger partial charge in [0.1, 0.15) is 12.3 Å². The number of carbonyl (C=O) groups is 2. The van der Waals surface area contributed by atoms with Gasteiger partial charge < -0.3 is 20.4 Å². The third-order valence-corrected chi connectivity index (χ3v) is 5.94. The molecule has 0 atom stereocenters. The summed E-state index contributed by atoms with van der Waals surface area (Å²) < 4.78 is 10.8. The Bertz CT molecular complexity index is 1640. The number of aromatic nitrogens is 3. The number of fused-ring (bicyclic) bond motifs is 1. The topological polar surface area (TPSA) is 142 Å².